The highest BCUT2D eigenvalue weighted by Crippen LogP contribution is 2.50. The number of hydrogen-bond acceptors (Lipinski definition) is 2. The summed E-state index contributed by atoms with van der Waals surface area (Å²) in [5.41, 5.74) is 0.168. The maximum atomic E-state index is 12.8. The van der Waals surface area contributed by atoms with Crippen LogP contribution in [0.25, 0.3) is 0 Å². The van der Waals surface area contributed by atoms with E-state index >= 15 is 0 Å². The predicted molar refractivity (Wildman–Crippen MR) is 46.1 cm³/mol. The summed E-state index contributed by atoms with van der Waals surface area (Å²) in [5.74, 6) is -0.291. The molecule has 0 spiro atoms. The van der Waals surface area contributed by atoms with E-state index in [0.717, 1.165) is 12.8 Å². The Labute approximate surface area is 75.6 Å². The lowest BCUT2D eigenvalue weighted by Crippen LogP contribution is -2.12. The lowest BCUT2D eigenvalue weighted by atomic mass is 9.96. The van der Waals surface area contributed by atoms with Crippen molar-refractivity contribution in [2.75, 3.05) is 6.61 Å². The van der Waals surface area contributed by atoms with E-state index < -0.39 is 0 Å². The number of phenolic OH excluding ortho intramolecular Hbond substituents is 1. The zero-order chi connectivity index (χ0) is 9.47. The fourth-order valence-electron chi connectivity index (χ4n) is 1.60. The third kappa shape index (κ3) is 1.29. The molecule has 0 saturated heterocycles. The Morgan fingerprint density at radius 3 is 2.62 bits per heavy atom. The Hall–Kier alpha value is -1.09. The van der Waals surface area contributed by atoms with E-state index in [4.69, 9.17) is 5.11 Å². The lowest BCUT2D eigenvalue weighted by Gasteiger charge is -2.13. The minimum Gasteiger partial charge on any atom is -0.508 e. The van der Waals surface area contributed by atoms with E-state index in [1.807, 2.05) is 0 Å². The third-order valence-corrected chi connectivity index (χ3v) is 2.69. The van der Waals surface area contributed by atoms with Crippen LogP contribution in [0.2, 0.25) is 0 Å². The van der Waals surface area contributed by atoms with Gasteiger partial charge in [-0.25, -0.2) is 4.39 Å². The Morgan fingerprint density at radius 1 is 1.38 bits per heavy atom. The maximum Gasteiger partial charge on any atom is 0.123 e. The van der Waals surface area contributed by atoms with Crippen LogP contribution in [0.3, 0.4) is 0 Å². The van der Waals surface area contributed by atoms with Gasteiger partial charge in [-0.05, 0) is 31.0 Å². The van der Waals surface area contributed by atoms with E-state index in [9.17, 15) is 9.50 Å². The number of rotatable bonds is 2. The molecule has 0 atom stereocenters. The molecule has 1 aromatic carbocycles. The summed E-state index contributed by atoms with van der Waals surface area (Å²) in [6, 6.07) is 3.85. The number of phenols is 1. The number of aromatic hydroxyl groups is 1. The van der Waals surface area contributed by atoms with Gasteiger partial charge in [0.15, 0.2) is 0 Å². The van der Waals surface area contributed by atoms with Gasteiger partial charge >= 0.3 is 0 Å². The van der Waals surface area contributed by atoms with Crippen molar-refractivity contribution < 1.29 is 14.6 Å². The molecule has 0 amide bonds. The summed E-state index contributed by atoms with van der Waals surface area (Å²) in [6.07, 6.45) is 1.64. The lowest BCUT2D eigenvalue weighted by molar-refractivity contribution is 0.252. The molecule has 1 saturated carbocycles. The molecule has 70 valence electrons. The summed E-state index contributed by atoms with van der Waals surface area (Å²) in [4.78, 5) is 0. The Morgan fingerprint density at radius 2 is 2.08 bits per heavy atom. The van der Waals surface area contributed by atoms with Crippen LogP contribution in [0.15, 0.2) is 18.2 Å². The second-order valence-corrected chi connectivity index (χ2v) is 3.60. The van der Waals surface area contributed by atoms with Gasteiger partial charge in [-0.3, -0.25) is 0 Å². The van der Waals surface area contributed by atoms with Crippen molar-refractivity contribution in [3.05, 3.63) is 29.6 Å². The van der Waals surface area contributed by atoms with Crippen molar-refractivity contribution in [1.29, 1.82) is 0 Å². The van der Waals surface area contributed by atoms with Gasteiger partial charge in [0, 0.05) is 11.0 Å². The fraction of sp³-hybridized carbons (Fsp3) is 0.400. The number of hydrogen-bond donors (Lipinski definition) is 2. The van der Waals surface area contributed by atoms with E-state index in [2.05, 4.69) is 0 Å². The Balaban J connectivity index is 2.44. The summed E-state index contributed by atoms with van der Waals surface area (Å²) < 4.78 is 12.8. The van der Waals surface area contributed by atoms with E-state index in [0.29, 0.717) is 5.56 Å². The molecule has 0 aliphatic heterocycles. The molecule has 2 N–H and O–H groups in total. The maximum absolute atomic E-state index is 12.8. The average Bonchev–Trinajstić information content (AvgIpc) is 2.90. The number of aliphatic hydroxyl groups is 1. The van der Waals surface area contributed by atoms with Gasteiger partial charge < -0.3 is 10.2 Å². The normalized spacial score (nSPS) is 18.6. The van der Waals surface area contributed by atoms with Crippen LogP contribution >= 0.6 is 0 Å². The summed E-state index contributed by atoms with van der Waals surface area (Å²) in [5, 5.41) is 18.6. The molecule has 1 aliphatic carbocycles. The predicted octanol–water partition coefficient (Wildman–Crippen LogP) is 1.56. The first kappa shape index (κ1) is 8.51. The van der Waals surface area contributed by atoms with Crippen molar-refractivity contribution in [3.63, 3.8) is 0 Å². The highest BCUT2D eigenvalue weighted by Gasteiger charge is 2.45. The molecule has 0 heterocycles. The zero-order valence-electron chi connectivity index (χ0n) is 7.13. The Bertz CT molecular complexity index is 332. The van der Waals surface area contributed by atoms with Gasteiger partial charge in [-0.15, -0.1) is 0 Å². The molecule has 0 aromatic heterocycles. The van der Waals surface area contributed by atoms with Crippen molar-refractivity contribution in [2.45, 2.75) is 18.3 Å². The molecule has 13 heavy (non-hydrogen) atoms. The van der Waals surface area contributed by atoms with Gasteiger partial charge in [-0.1, -0.05) is 0 Å². The van der Waals surface area contributed by atoms with Crippen LogP contribution in [-0.4, -0.2) is 16.8 Å². The quantitative estimate of drug-likeness (QED) is 0.728. The van der Waals surface area contributed by atoms with Crippen LogP contribution in [0.5, 0.6) is 5.75 Å². The monoisotopic (exact) mass is 182 g/mol. The molecule has 1 aromatic rings. The van der Waals surface area contributed by atoms with Gasteiger partial charge in [0.05, 0.1) is 6.61 Å². The largest absolute Gasteiger partial charge is 0.508 e. The molecule has 2 rings (SSSR count). The highest BCUT2D eigenvalue weighted by molar-refractivity contribution is 5.42. The topological polar surface area (TPSA) is 40.5 Å². The van der Waals surface area contributed by atoms with Crippen LogP contribution in [-0.2, 0) is 5.41 Å². The molecule has 3 heteroatoms. The Kier molecular flexibility index (Phi) is 1.77. The zero-order valence-corrected chi connectivity index (χ0v) is 7.13. The second-order valence-electron chi connectivity index (χ2n) is 3.60. The first-order valence-corrected chi connectivity index (χ1v) is 4.28. The first-order chi connectivity index (χ1) is 6.18. The van der Waals surface area contributed by atoms with E-state index in [1.165, 1.54) is 18.2 Å². The standard InChI is InChI=1S/C10H11FO2/c11-7-1-2-9(13)8(5-7)10(6-12)3-4-10/h1-2,5,12-13H,3-4,6H2. The number of aliphatic hydroxyl groups excluding tert-OH is 1. The van der Waals surface area contributed by atoms with E-state index in [1.54, 1.807) is 0 Å². The minimum atomic E-state index is -0.369. The summed E-state index contributed by atoms with van der Waals surface area (Å²) in [6.45, 7) is -0.0238. The smallest absolute Gasteiger partial charge is 0.123 e. The van der Waals surface area contributed by atoms with Crippen LogP contribution in [0, 0.1) is 5.82 Å². The molecule has 1 fully saturated rings. The van der Waals surface area contributed by atoms with Crippen molar-refractivity contribution in [2.24, 2.45) is 0 Å². The van der Waals surface area contributed by atoms with Crippen LogP contribution in [0.1, 0.15) is 18.4 Å². The molecule has 1 aliphatic rings. The molecule has 0 bridgehead atoms. The SMILES string of the molecule is OCC1(c2cc(F)ccc2O)CC1. The number of halogens is 1. The van der Waals surface area contributed by atoms with Crippen LogP contribution < -0.4 is 0 Å². The highest BCUT2D eigenvalue weighted by atomic mass is 19.1. The van der Waals surface area contributed by atoms with Crippen LogP contribution in [0.4, 0.5) is 4.39 Å². The van der Waals surface area contributed by atoms with Crippen molar-refractivity contribution in [1.82, 2.24) is 0 Å². The second kappa shape index (κ2) is 2.70. The van der Waals surface area contributed by atoms with E-state index in [-0.39, 0.29) is 23.6 Å². The van der Waals surface area contributed by atoms with Crippen molar-refractivity contribution in [3.8, 4) is 5.75 Å². The number of benzene rings is 1. The summed E-state index contributed by atoms with van der Waals surface area (Å²) >= 11 is 0. The molecule has 0 unspecified atom stereocenters. The fourth-order valence-corrected chi connectivity index (χ4v) is 1.60. The van der Waals surface area contributed by atoms with Gasteiger partial charge in [0.2, 0.25) is 0 Å². The first-order valence-electron chi connectivity index (χ1n) is 4.28. The summed E-state index contributed by atoms with van der Waals surface area (Å²) in [7, 11) is 0. The third-order valence-electron chi connectivity index (χ3n) is 2.69. The average molecular weight is 182 g/mol. The van der Waals surface area contributed by atoms with Gasteiger partial charge in [-0.2, -0.15) is 0 Å². The molecule has 0 radical (unpaired) electrons. The molecular weight excluding hydrogens is 171 g/mol. The minimum absolute atomic E-state index is 0.0238. The van der Waals surface area contributed by atoms with Crippen molar-refractivity contribution >= 4 is 0 Å². The van der Waals surface area contributed by atoms with Gasteiger partial charge in [0.25, 0.3) is 0 Å². The van der Waals surface area contributed by atoms with Gasteiger partial charge in [0.1, 0.15) is 11.6 Å². The molecule has 2 nitrogen and oxygen atoms in total. The molecular formula is C10H11FO2.